The molecule has 2 N–H and O–H groups in total. The summed E-state index contributed by atoms with van der Waals surface area (Å²) < 4.78 is 14.0. The zero-order valence-corrected chi connectivity index (χ0v) is 18.9. The van der Waals surface area contributed by atoms with E-state index in [0.717, 1.165) is 37.9 Å². The predicted octanol–water partition coefficient (Wildman–Crippen LogP) is 5.57. The molecule has 1 aliphatic rings. The normalized spacial score (nSPS) is 14.2. The molecule has 0 atom stereocenters. The maximum atomic E-state index is 14.0. The van der Waals surface area contributed by atoms with Crippen LogP contribution in [-0.2, 0) is 0 Å². The van der Waals surface area contributed by atoms with Gasteiger partial charge in [-0.15, -0.1) is 0 Å². The number of hydrogen-bond donors (Lipinski definition) is 2. The number of carbonyl (C=O) groups excluding carboxylic acids is 1. The number of aromatic amines is 1. The molecule has 0 bridgehead atoms. The van der Waals surface area contributed by atoms with Crippen molar-refractivity contribution in [1.82, 2.24) is 20.1 Å². The van der Waals surface area contributed by atoms with Gasteiger partial charge in [-0.25, -0.2) is 9.37 Å². The van der Waals surface area contributed by atoms with E-state index in [2.05, 4.69) is 15.2 Å². The summed E-state index contributed by atoms with van der Waals surface area (Å²) in [6.45, 7) is 3.17. The lowest BCUT2D eigenvalue weighted by molar-refractivity contribution is 0.0726. The SMILES string of the molecule is Cc1ccc(/C=C/c2[nH]nc3nc(-c4ccc(O)cc4)cc(C(=O)N4CCCCC4)c23)cc1F. The second kappa shape index (κ2) is 9.09. The van der Waals surface area contributed by atoms with E-state index in [9.17, 15) is 14.3 Å². The van der Waals surface area contributed by atoms with E-state index < -0.39 is 0 Å². The average molecular weight is 457 g/mol. The zero-order valence-electron chi connectivity index (χ0n) is 18.9. The predicted molar refractivity (Wildman–Crippen MR) is 131 cm³/mol. The summed E-state index contributed by atoms with van der Waals surface area (Å²) in [7, 11) is 0. The molecular formula is C27H25FN4O2. The lowest BCUT2D eigenvalue weighted by Crippen LogP contribution is -2.35. The van der Waals surface area contributed by atoms with Gasteiger partial charge in [-0.05, 0) is 79.8 Å². The maximum Gasteiger partial charge on any atom is 0.254 e. The molecule has 4 aromatic rings. The molecule has 34 heavy (non-hydrogen) atoms. The number of benzene rings is 2. The molecule has 0 unspecified atom stereocenters. The molecule has 0 radical (unpaired) electrons. The number of aryl methyl sites for hydroxylation is 1. The van der Waals surface area contributed by atoms with Crippen LogP contribution in [0, 0.1) is 12.7 Å². The number of carbonyl (C=O) groups is 1. The Morgan fingerprint density at radius 3 is 2.56 bits per heavy atom. The molecule has 2 aromatic carbocycles. The van der Waals surface area contributed by atoms with E-state index >= 15 is 0 Å². The first-order valence-corrected chi connectivity index (χ1v) is 11.4. The van der Waals surface area contributed by atoms with Gasteiger partial charge in [-0.1, -0.05) is 18.2 Å². The van der Waals surface area contributed by atoms with Crippen LogP contribution in [-0.4, -0.2) is 44.2 Å². The molecule has 1 aliphatic heterocycles. The molecule has 1 fully saturated rings. The number of aromatic hydroxyl groups is 1. The number of amides is 1. The van der Waals surface area contributed by atoms with Gasteiger partial charge in [0.05, 0.1) is 22.3 Å². The molecule has 0 aliphatic carbocycles. The van der Waals surface area contributed by atoms with Crippen molar-refractivity contribution in [2.45, 2.75) is 26.2 Å². The third-order valence-electron chi connectivity index (χ3n) is 6.23. The fraction of sp³-hybridized carbons (Fsp3) is 0.222. The van der Waals surface area contributed by atoms with Crippen LogP contribution >= 0.6 is 0 Å². The molecule has 0 spiro atoms. The number of hydrogen-bond acceptors (Lipinski definition) is 4. The summed E-state index contributed by atoms with van der Waals surface area (Å²) in [4.78, 5) is 20.2. The van der Waals surface area contributed by atoms with Gasteiger partial charge in [0.2, 0.25) is 0 Å². The molecular weight excluding hydrogens is 431 g/mol. The molecule has 1 saturated heterocycles. The minimum absolute atomic E-state index is 0.0513. The second-order valence-corrected chi connectivity index (χ2v) is 8.63. The minimum Gasteiger partial charge on any atom is -0.508 e. The number of halogens is 1. The second-order valence-electron chi connectivity index (χ2n) is 8.63. The Morgan fingerprint density at radius 1 is 1.06 bits per heavy atom. The highest BCUT2D eigenvalue weighted by Crippen LogP contribution is 2.29. The Balaban J connectivity index is 1.61. The zero-order chi connectivity index (χ0) is 23.7. The first-order valence-electron chi connectivity index (χ1n) is 11.4. The molecule has 172 valence electrons. The number of aromatic nitrogens is 3. The number of piperidine rings is 1. The number of rotatable bonds is 4. The van der Waals surface area contributed by atoms with E-state index in [4.69, 9.17) is 0 Å². The standard InChI is InChI=1S/C27H25FN4O2/c1-17-5-6-18(15-22(17)28)7-12-23-25-21(27(34)32-13-3-2-4-14-32)16-24(29-26(25)31-30-23)19-8-10-20(33)11-9-19/h5-12,15-16,33H,2-4,13-14H2,1H3,(H,29,30,31)/b12-7+. The third-order valence-corrected chi connectivity index (χ3v) is 6.23. The highest BCUT2D eigenvalue weighted by molar-refractivity contribution is 6.09. The van der Waals surface area contributed by atoms with E-state index in [0.29, 0.717) is 39.1 Å². The van der Waals surface area contributed by atoms with Crippen LogP contribution in [0.15, 0.2) is 48.5 Å². The van der Waals surface area contributed by atoms with Crippen LogP contribution in [0.3, 0.4) is 0 Å². The van der Waals surface area contributed by atoms with Crippen molar-refractivity contribution in [2.24, 2.45) is 0 Å². The Bertz CT molecular complexity index is 1390. The first-order chi connectivity index (χ1) is 16.5. The Morgan fingerprint density at radius 2 is 1.82 bits per heavy atom. The molecule has 2 aromatic heterocycles. The van der Waals surface area contributed by atoms with Gasteiger partial charge in [0, 0.05) is 18.7 Å². The van der Waals surface area contributed by atoms with Crippen molar-refractivity contribution < 1.29 is 14.3 Å². The van der Waals surface area contributed by atoms with Crippen molar-refractivity contribution in [2.75, 3.05) is 13.1 Å². The smallest absolute Gasteiger partial charge is 0.254 e. The summed E-state index contributed by atoms with van der Waals surface area (Å²) in [5, 5.41) is 17.7. The summed E-state index contributed by atoms with van der Waals surface area (Å²) >= 11 is 0. The topological polar surface area (TPSA) is 82.1 Å². The van der Waals surface area contributed by atoms with Gasteiger partial charge >= 0.3 is 0 Å². The van der Waals surface area contributed by atoms with Crippen LogP contribution in [0.2, 0.25) is 0 Å². The lowest BCUT2D eigenvalue weighted by Gasteiger charge is -2.27. The summed E-state index contributed by atoms with van der Waals surface area (Å²) in [6.07, 6.45) is 6.69. The first kappa shape index (κ1) is 21.8. The Kier molecular flexibility index (Phi) is 5.84. The molecule has 1 amide bonds. The highest BCUT2D eigenvalue weighted by atomic mass is 19.1. The monoisotopic (exact) mass is 456 g/mol. The summed E-state index contributed by atoms with van der Waals surface area (Å²) in [6, 6.07) is 13.6. The Labute approximate surface area is 196 Å². The quantitative estimate of drug-likeness (QED) is 0.420. The number of phenolic OH excluding ortho intramolecular Hbond substituents is 1. The molecule has 6 nitrogen and oxygen atoms in total. The van der Waals surface area contributed by atoms with Crippen LogP contribution in [0.5, 0.6) is 5.75 Å². The fourth-order valence-electron chi connectivity index (χ4n) is 4.28. The van der Waals surface area contributed by atoms with Crippen LogP contribution in [0.1, 0.15) is 46.4 Å². The van der Waals surface area contributed by atoms with E-state index in [-0.39, 0.29) is 17.5 Å². The molecule has 3 heterocycles. The van der Waals surface area contributed by atoms with Gasteiger partial charge < -0.3 is 10.0 Å². The van der Waals surface area contributed by atoms with E-state index in [1.165, 1.54) is 6.07 Å². The maximum absolute atomic E-state index is 14.0. The van der Waals surface area contributed by atoms with Gasteiger partial charge in [0.25, 0.3) is 5.91 Å². The highest BCUT2D eigenvalue weighted by Gasteiger charge is 2.24. The van der Waals surface area contributed by atoms with Gasteiger partial charge in [0.1, 0.15) is 11.6 Å². The number of phenols is 1. The van der Waals surface area contributed by atoms with Crippen molar-refractivity contribution in [3.63, 3.8) is 0 Å². The number of nitrogens with one attached hydrogen (secondary N) is 1. The third kappa shape index (κ3) is 4.29. The number of fused-ring (bicyclic) bond motifs is 1. The summed E-state index contributed by atoms with van der Waals surface area (Å²) in [5.41, 5.74) is 4.28. The van der Waals surface area contributed by atoms with Crippen molar-refractivity contribution in [3.8, 4) is 17.0 Å². The van der Waals surface area contributed by atoms with E-state index in [1.54, 1.807) is 55.5 Å². The van der Waals surface area contributed by atoms with Crippen LogP contribution in [0.25, 0.3) is 34.4 Å². The van der Waals surface area contributed by atoms with Gasteiger partial charge in [0.15, 0.2) is 5.65 Å². The van der Waals surface area contributed by atoms with Crippen LogP contribution < -0.4 is 0 Å². The van der Waals surface area contributed by atoms with Crippen molar-refractivity contribution >= 4 is 29.1 Å². The van der Waals surface area contributed by atoms with E-state index in [1.807, 2.05) is 11.0 Å². The Hall–Kier alpha value is -4.00. The number of pyridine rings is 1. The molecule has 0 saturated carbocycles. The number of H-pyrrole nitrogens is 1. The largest absolute Gasteiger partial charge is 0.508 e. The van der Waals surface area contributed by atoms with Crippen molar-refractivity contribution in [3.05, 3.63) is 76.7 Å². The molecule has 5 rings (SSSR count). The van der Waals surface area contributed by atoms with Crippen molar-refractivity contribution in [1.29, 1.82) is 0 Å². The van der Waals surface area contributed by atoms with Gasteiger partial charge in [-0.3, -0.25) is 9.89 Å². The van der Waals surface area contributed by atoms with Gasteiger partial charge in [-0.2, -0.15) is 5.10 Å². The number of nitrogens with zero attached hydrogens (tertiary/aromatic N) is 3. The average Bonchev–Trinajstić information content (AvgIpc) is 3.28. The summed E-state index contributed by atoms with van der Waals surface area (Å²) in [5.74, 6) is -0.156. The van der Waals surface area contributed by atoms with Crippen LogP contribution in [0.4, 0.5) is 4.39 Å². The fourth-order valence-corrected chi connectivity index (χ4v) is 4.28. The minimum atomic E-state index is -0.266. The number of likely N-dealkylation sites (tertiary alicyclic amines) is 1. The lowest BCUT2D eigenvalue weighted by atomic mass is 10.0. The molecule has 7 heteroatoms.